The normalized spacial score (nSPS) is 11.5. The van der Waals surface area contributed by atoms with Crippen molar-refractivity contribution in [1.29, 1.82) is 0 Å². The van der Waals surface area contributed by atoms with Crippen LogP contribution in [-0.4, -0.2) is 15.5 Å². The van der Waals surface area contributed by atoms with E-state index in [4.69, 9.17) is 11.6 Å². The van der Waals surface area contributed by atoms with Crippen LogP contribution in [-0.2, 0) is 7.05 Å². The average Bonchev–Trinajstić information content (AvgIpc) is 2.98. The van der Waals surface area contributed by atoms with Gasteiger partial charge in [-0.15, -0.1) is 0 Å². The van der Waals surface area contributed by atoms with E-state index < -0.39 is 0 Å². The van der Waals surface area contributed by atoms with Crippen LogP contribution in [0.15, 0.2) is 65.9 Å². The van der Waals surface area contributed by atoms with Gasteiger partial charge in [0.15, 0.2) is 0 Å². The summed E-state index contributed by atoms with van der Waals surface area (Å²) in [4.78, 5) is 0. The first-order valence-corrected chi connectivity index (χ1v) is 7.94. The number of nitrogens with zero attached hydrogens (tertiary/aromatic N) is 2. The van der Waals surface area contributed by atoms with Gasteiger partial charge >= 0.3 is 0 Å². The zero-order valence-electron chi connectivity index (χ0n) is 13.5. The number of aromatic nitrogens is 1. The highest BCUT2D eigenvalue weighted by Gasteiger charge is 2.14. The van der Waals surface area contributed by atoms with Gasteiger partial charge < -0.3 is 15.1 Å². The van der Waals surface area contributed by atoms with Crippen molar-refractivity contribution in [3.63, 3.8) is 0 Å². The molecular formula is C19H18ClN3O. The van der Waals surface area contributed by atoms with Gasteiger partial charge in [0.25, 0.3) is 0 Å². The van der Waals surface area contributed by atoms with Gasteiger partial charge in [-0.1, -0.05) is 35.0 Å². The van der Waals surface area contributed by atoms with Crippen LogP contribution in [0.4, 0.5) is 11.4 Å². The lowest BCUT2D eigenvalue weighted by atomic mass is 10.1. The van der Waals surface area contributed by atoms with Crippen LogP contribution in [0, 0.1) is 6.92 Å². The van der Waals surface area contributed by atoms with Crippen molar-refractivity contribution < 1.29 is 5.21 Å². The molecule has 0 fully saturated rings. The van der Waals surface area contributed by atoms with Gasteiger partial charge in [0.05, 0.1) is 10.7 Å². The number of halogens is 1. The summed E-state index contributed by atoms with van der Waals surface area (Å²) < 4.78 is 1.88. The van der Waals surface area contributed by atoms with Gasteiger partial charge in [-0.2, -0.15) is 0 Å². The Hall–Kier alpha value is -2.72. The Labute approximate surface area is 146 Å². The standard InChI is InChI=1S/C19H18ClN3O/c1-13-6-3-4-7-17(13)21-14-9-10-15(16(20)12-14)19(22-24)18-8-5-11-23(18)2/h3-12,21,24H,1-2H3/b22-19-. The lowest BCUT2D eigenvalue weighted by molar-refractivity contribution is 0.319. The first-order chi connectivity index (χ1) is 11.6. The smallest absolute Gasteiger partial charge is 0.134 e. The number of benzene rings is 2. The number of para-hydroxylation sites is 1. The summed E-state index contributed by atoms with van der Waals surface area (Å²) in [6.45, 7) is 2.05. The zero-order chi connectivity index (χ0) is 17.1. The lowest BCUT2D eigenvalue weighted by Gasteiger charge is -2.12. The molecule has 1 heterocycles. The fourth-order valence-electron chi connectivity index (χ4n) is 2.60. The van der Waals surface area contributed by atoms with Crippen LogP contribution in [0.25, 0.3) is 0 Å². The number of hydrogen-bond donors (Lipinski definition) is 2. The van der Waals surface area contributed by atoms with E-state index >= 15 is 0 Å². The highest BCUT2D eigenvalue weighted by atomic mass is 35.5. The molecule has 4 nitrogen and oxygen atoms in total. The molecule has 2 N–H and O–H groups in total. The molecule has 0 spiro atoms. The maximum absolute atomic E-state index is 9.44. The average molecular weight is 340 g/mol. The summed E-state index contributed by atoms with van der Waals surface area (Å²) in [5, 5.41) is 16.8. The van der Waals surface area contributed by atoms with E-state index in [1.807, 2.05) is 79.3 Å². The fourth-order valence-corrected chi connectivity index (χ4v) is 2.87. The minimum Gasteiger partial charge on any atom is -0.410 e. The quantitative estimate of drug-likeness (QED) is 0.401. The minimum absolute atomic E-state index is 0.440. The molecule has 3 aromatic rings. The predicted octanol–water partition coefficient (Wildman–Crippen LogP) is 4.96. The Bertz CT molecular complexity index is 899. The SMILES string of the molecule is Cc1ccccc1Nc1ccc(/C(=N/O)c2cccn2C)c(Cl)c1. The molecule has 0 saturated heterocycles. The van der Waals surface area contributed by atoms with Crippen LogP contribution < -0.4 is 5.32 Å². The second-order valence-electron chi connectivity index (χ2n) is 5.59. The third-order valence-electron chi connectivity index (χ3n) is 3.93. The van der Waals surface area contributed by atoms with E-state index in [-0.39, 0.29) is 0 Å². The lowest BCUT2D eigenvalue weighted by Crippen LogP contribution is -2.09. The number of oxime groups is 1. The first-order valence-electron chi connectivity index (χ1n) is 7.56. The van der Waals surface area contributed by atoms with Crippen molar-refractivity contribution in [2.75, 3.05) is 5.32 Å². The maximum atomic E-state index is 9.44. The molecule has 0 aliphatic heterocycles. The van der Waals surface area contributed by atoms with Crippen LogP contribution in [0.1, 0.15) is 16.8 Å². The van der Waals surface area contributed by atoms with Gasteiger partial charge in [-0.3, -0.25) is 0 Å². The van der Waals surface area contributed by atoms with Crippen molar-refractivity contribution in [2.45, 2.75) is 6.92 Å². The predicted molar refractivity (Wildman–Crippen MR) is 98.8 cm³/mol. The van der Waals surface area contributed by atoms with Crippen molar-refractivity contribution in [3.05, 3.63) is 82.6 Å². The number of aryl methyl sites for hydroxylation is 2. The summed E-state index contributed by atoms with van der Waals surface area (Å²) in [6.07, 6.45) is 1.89. The number of anilines is 2. The molecule has 24 heavy (non-hydrogen) atoms. The first kappa shape index (κ1) is 16.1. The molecule has 1 aromatic heterocycles. The molecule has 0 radical (unpaired) electrons. The van der Waals surface area contributed by atoms with E-state index in [0.29, 0.717) is 16.3 Å². The second kappa shape index (κ2) is 6.81. The Kier molecular flexibility index (Phi) is 4.58. The summed E-state index contributed by atoms with van der Waals surface area (Å²) >= 11 is 6.44. The Morgan fingerprint density at radius 3 is 2.54 bits per heavy atom. The summed E-state index contributed by atoms with van der Waals surface area (Å²) in [5.74, 6) is 0. The molecule has 0 saturated carbocycles. The number of nitrogens with one attached hydrogen (secondary N) is 1. The molecule has 0 atom stereocenters. The Balaban J connectivity index is 1.93. The van der Waals surface area contributed by atoms with Crippen molar-refractivity contribution in [3.8, 4) is 0 Å². The second-order valence-corrected chi connectivity index (χ2v) is 5.99. The highest BCUT2D eigenvalue weighted by molar-refractivity contribution is 6.35. The van der Waals surface area contributed by atoms with E-state index in [2.05, 4.69) is 10.5 Å². The van der Waals surface area contributed by atoms with Crippen LogP contribution in [0.2, 0.25) is 5.02 Å². The van der Waals surface area contributed by atoms with Crippen molar-refractivity contribution in [1.82, 2.24) is 4.57 Å². The maximum Gasteiger partial charge on any atom is 0.134 e. The summed E-state index contributed by atoms with van der Waals surface area (Å²) in [5.41, 5.74) is 4.96. The monoisotopic (exact) mass is 339 g/mol. The molecule has 0 amide bonds. The fraction of sp³-hybridized carbons (Fsp3) is 0.105. The topological polar surface area (TPSA) is 49.6 Å². The van der Waals surface area contributed by atoms with Crippen molar-refractivity contribution >= 4 is 28.7 Å². The molecule has 0 bridgehead atoms. The van der Waals surface area contributed by atoms with E-state index in [1.54, 1.807) is 0 Å². The molecule has 3 rings (SSSR count). The van der Waals surface area contributed by atoms with Crippen molar-refractivity contribution in [2.24, 2.45) is 12.2 Å². The van der Waals surface area contributed by atoms with Gasteiger partial charge in [-0.25, -0.2) is 0 Å². The molecular weight excluding hydrogens is 322 g/mol. The number of rotatable bonds is 4. The third kappa shape index (κ3) is 3.14. The van der Waals surface area contributed by atoms with Gasteiger partial charge in [0.2, 0.25) is 0 Å². The molecule has 0 aliphatic carbocycles. The van der Waals surface area contributed by atoms with Gasteiger partial charge in [0, 0.05) is 30.2 Å². The summed E-state index contributed by atoms with van der Waals surface area (Å²) in [7, 11) is 1.89. The van der Waals surface area contributed by atoms with Crippen LogP contribution in [0.5, 0.6) is 0 Å². The minimum atomic E-state index is 0.440. The van der Waals surface area contributed by atoms with Gasteiger partial charge in [-0.05, 0) is 48.9 Å². The molecule has 0 unspecified atom stereocenters. The summed E-state index contributed by atoms with van der Waals surface area (Å²) in [6, 6.07) is 17.4. The highest BCUT2D eigenvalue weighted by Crippen LogP contribution is 2.27. The van der Waals surface area contributed by atoms with E-state index in [0.717, 1.165) is 22.6 Å². The molecule has 2 aromatic carbocycles. The Morgan fingerprint density at radius 2 is 1.92 bits per heavy atom. The molecule has 0 aliphatic rings. The van der Waals surface area contributed by atoms with Crippen LogP contribution in [0.3, 0.4) is 0 Å². The zero-order valence-corrected chi connectivity index (χ0v) is 14.2. The van der Waals surface area contributed by atoms with E-state index in [1.165, 1.54) is 0 Å². The Morgan fingerprint density at radius 1 is 1.12 bits per heavy atom. The number of hydrogen-bond acceptors (Lipinski definition) is 3. The molecule has 122 valence electrons. The van der Waals surface area contributed by atoms with E-state index in [9.17, 15) is 5.21 Å². The third-order valence-corrected chi connectivity index (χ3v) is 4.25. The molecule has 5 heteroatoms. The van der Waals surface area contributed by atoms with Crippen LogP contribution >= 0.6 is 11.6 Å². The largest absolute Gasteiger partial charge is 0.410 e. The van der Waals surface area contributed by atoms with Gasteiger partial charge in [0.1, 0.15) is 5.71 Å².